The van der Waals surface area contributed by atoms with Crippen molar-refractivity contribution in [3.8, 4) is 17.3 Å². The van der Waals surface area contributed by atoms with Gasteiger partial charge in [0.2, 0.25) is 0 Å². The average molecular weight is 264 g/mol. The lowest BCUT2D eigenvalue weighted by Crippen LogP contribution is -1.96. The minimum Gasteiger partial charge on any atom is -0.341 e. The number of rotatable bonds is 2. The molecule has 0 aliphatic carbocycles. The molecule has 1 aromatic heterocycles. The van der Waals surface area contributed by atoms with E-state index < -0.39 is 0 Å². The number of halogens is 1. The first kappa shape index (κ1) is 12.4. The largest absolute Gasteiger partial charge is 0.341 e. The molecule has 0 bridgehead atoms. The van der Waals surface area contributed by atoms with E-state index in [9.17, 15) is 4.39 Å². The van der Waals surface area contributed by atoms with Gasteiger partial charge in [-0.25, -0.2) is 4.39 Å². The quantitative estimate of drug-likeness (QED) is 0.677. The molecule has 0 aliphatic rings. The van der Waals surface area contributed by atoms with Crippen LogP contribution in [0.2, 0.25) is 0 Å². The molecule has 3 rings (SSSR count). The Bertz CT molecular complexity index is 825. The third-order valence-electron chi connectivity index (χ3n) is 3.47. The molecule has 20 heavy (non-hydrogen) atoms. The maximum absolute atomic E-state index is 13.4. The first-order valence-corrected chi connectivity index (χ1v) is 6.52. The van der Waals surface area contributed by atoms with E-state index >= 15 is 0 Å². The minimum atomic E-state index is -0.242. The molecule has 0 unspecified atom stereocenters. The summed E-state index contributed by atoms with van der Waals surface area (Å²) < 4.78 is 15.5. The standard InChI is InChI=1S/C17H13FN2/c1-2-20-16-7-6-12(11-19)8-14(16)10-17(20)13-4-3-5-15(18)9-13/h3-10H,2H2,1H3. The Balaban J connectivity index is 2.28. The van der Waals surface area contributed by atoms with Gasteiger partial charge >= 0.3 is 0 Å². The molecule has 0 radical (unpaired) electrons. The summed E-state index contributed by atoms with van der Waals surface area (Å²) in [5, 5.41) is 9.98. The normalized spacial score (nSPS) is 10.7. The van der Waals surface area contributed by atoms with Gasteiger partial charge in [0.25, 0.3) is 0 Å². The Kier molecular flexibility index (Phi) is 3.00. The molecule has 3 heteroatoms. The van der Waals surface area contributed by atoms with E-state index in [-0.39, 0.29) is 5.82 Å². The van der Waals surface area contributed by atoms with E-state index in [0.717, 1.165) is 28.7 Å². The highest BCUT2D eigenvalue weighted by Crippen LogP contribution is 2.29. The van der Waals surface area contributed by atoms with E-state index in [1.54, 1.807) is 6.07 Å². The molecule has 0 aliphatic heterocycles. The highest BCUT2D eigenvalue weighted by atomic mass is 19.1. The molecule has 0 atom stereocenters. The van der Waals surface area contributed by atoms with Crippen LogP contribution in [0.15, 0.2) is 48.5 Å². The van der Waals surface area contributed by atoms with Crippen molar-refractivity contribution < 1.29 is 4.39 Å². The summed E-state index contributed by atoms with van der Waals surface area (Å²) in [6, 6.07) is 16.4. The summed E-state index contributed by atoms with van der Waals surface area (Å²) in [5.41, 5.74) is 3.51. The molecule has 0 saturated carbocycles. The minimum absolute atomic E-state index is 0.242. The third kappa shape index (κ3) is 1.96. The third-order valence-corrected chi connectivity index (χ3v) is 3.47. The zero-order chi connectivity index (χ0) is 14.1. The first-order chi connectivity index (χ1) is 9.72. The van der Waals surface area contributed by atoms with E-state index in [4.69, 9.17) is 5.26 Å². The lowest BCUT2D eigenvalue weighted by Gasteiger charge is -2.08. The molecular formula is C17H13FN2. The second-order valence-electron chi connectivity index (χ2n) is 4.67. The lowest BCUT2D eigenvalue weighted by atomic mass is 10.1. The smallest absolute Gasteiger partial charge is 0.123 e. The van der Waals surface area contributed by atoms with Crippen LogP contribution in [0.25, 0.3) is 22.2 Å². The SMILES string of the molecule is CCn1c(-c2cccc(F)c2)cc2cc(C#N)ccc21. The molecule has 3 aromatic rings. The topological polar surface area (TPSA) is 28.7 Å². The van der Waals surface area contributed by atoms with Gasteiger partial charge in [0.05, 0.1) is 11.6 Å². The Morgan fingerprint density at radius 2 is 2.00 bits per heavy atom. The lowest BCUT2D eigenvalue weighted by molar-refractivity contribution is 0.628. The highest BCUT2D eigenvalue weighted by Gasteiger charge is 2.10. The van der Waals surface area contributed by atoms with Crippen LogP contribution in [0.3, 0.4) is 0 Å². The average Bonchev–Trinajstić information content (AvgIpc) is 2.84. The second-order valence-corrected chi connectivity index (χ2v) is 4.67. The van der Waals surface area contributed by atoms with Crippen molar-refractivity contribution in [3.05, 3.63) is 59.9 Å². The van der Waals surface area contributed by atoms with Crippen LogP contribution in [0.1, 0.15) is 12.5 Å². The summed E-state index contributed by atoms with van der Waals surface area (Å²) in [5.74, 6) is -0.242. The fourth-order valence-electron chi connectivity index (χ4n) is 2.57. The van der Waals surface area contributed by atoms with Crippen LogP contribution in [0, 0.1) is 17.1 Å². The van der Waals surface area contributed by atoms with Crippen molar-refractivity contribution in [2.45, 2.75) is 13.5 Å². The van der Waals surface area contributed by atoms with Crippen LogP contribution in [-0.4, -0.2) is 4.57 Å². The van der Waals surface area contributed by atoms with E-state index in [1.165, 1.54) is 12.1 Å². The van der Waals surface area contributed by atoms with Crippen LogP contribution >= 0.6 is 0 Å². The monoisotopic (exact) mass is 264 g/mol. The molecule has 2 aromatic carbocycles. The summed E-state index contributed by atoms with van der Waals surface area (Å²) in [7, 11) is 0. The molecule has 0 fully saturated rings. The van der Waals surface area contributed by atoms with Gasteiger partial charge in [-0.2, -0.15) is 5.26 Å². The van der Waals surface area contributed by atoms with Crippen molar-refractivity contribution in [1.29, 1.82) is 5.26 Å². The first-order valence-electron chi connectivity index (χ1n) is 6.52. The van der Waals surface area contributed by atoms with Crippen LogP contribution in [-0.2, 0) is 6.54 Å². The predicted octanol–water partition coefficient (Wildman–Crippen LogP) is 4.34. The second kappa shape index (κ2) is 4.82. The van der Waals surface area contributed by atoms with Crippen LogP contribution in [0.5, 0.6) is 0 Å². The van der Waals surface area contributed by atoms with Gasteiger partial charge < -0.3 is 4.57 Å². The van der Waals surface area contributed by atoms with Gasteiger partial charge in [-0.1, -0.05) is 12.1 Å². The van der Waals surface area contributed by atoms with E-state index in [0.29, 0.717) is 5.56 Å². The Morgan fingerprint density at radius 1 is 1.15 bits per heavy atom. The van der Waals surface area contributed by atoms with Gasteiger partial charge in [-0.3, -0.25) is 0 Å². The Hall–Kier alpha value is -2.60. The van der Waals surface area contributed by atoms with Gasteiger partial charge in [-0.15, -0.1) is 0 Å². The number of benzene rings is 2. The molecule has 98 valence electrons. The van der Waals surface area contributed by atoms with Crippen LogP contribution < -0.4 is 0 Å². The maximum Gasteiger partial charge on any atom is 0.123 e. The number of aryl methyl sites for hydroxylation is 1. The van der Waals surface area contributed by atoms with Crippen molar-refractivity contribution >= 4 is 10.9 Å². The van der Waals surface area contributed by atoms with Gasteiger partial charge in [0.1, 0.15) is 5.82 Å². The van der Waals surface area contributed by atoms with Crippen LogP contribution in [0.4, 0.5) is 4.39 Å². The predicted molar refractivity (Wildman–Crippen MR) is 77.7 cm³/mol. The van der Waals surface area contributed by atoms with Gasteiger partial charge in [0.15, 0.2) is 0 Å². The maximum atomic E-state index is 13.4. The molecule has 0 spiro atoms. The summed E-state index contributed by atoms with van der Waals surface area (Å²) >= 11 is 0. The number of aromatic nitrogens is 1. The van der Waals surface area contributed by atoms with E-state index in [1.807, 2.05) is 30.3 Å². The number of fused-ring (bicyclic) bond motifs is 1. The Labute approximate surface area is 116 Å². The van der Waals surface area contributed by atoms with Gasteiger partial charge in [-0.05, 0) is 43.3 Å². The van der Waals surface area contributed by atoms with Crippen molar-refractivity contribution in [2.24, 2.45) is 0 Å². The zero-order valence-electron chi connectivity index (χ0n) is 11.1. The number of hydrogen-bond donors (Lipinski definition) is 0. The summed E-state index contributed by atoms with van der Waals surface area (Å²) in [6.07, 6.45) is 0. The molecule has 2 nitrogen and oxygen atoms in total. The molecule has 0 amide bonds. The highest BCUT2D eigenvalue weighted by molar-refractivity contribution is 5.88. The van der Waals surface area contributed by atoms with Crippen molar-refractivity contribution in [3.63, 3.8) is 0 Å². The molecule has 0 saturated heterocycles. The molecule has 0 N–H and O–H groups in total. The fourth-order valence-corrected chi connectivity index (χ4v) is 2.57. The number of nitriles is 1. The van der Waals surface area contributed by atoms with E-state index in [2.05, 4.69) is 17.6 Å². The Morgan fingerprint density at radius 3 is 2.70 bits per heavy atom. The summed E-state index contributed by atoms with van der Waals surface area (Å²) in [4.78, 5) is 0. The zero-order valence-corrected chi connectivity index (χ0v) is 11.1. The molecular weight excluding hydrogens is 251 g/mol. The molecule has 1 heterocycles. The fraction of sp³-hybridized carbons (Fsp3) is 0.118. The van der Waals surface area contributed by atoms with Crippen molar-refractivity contribution in [2.75, 3.05) is 0 Å². The van der Waals surface area contributed by atoms with Gasteiger partial charge in [0, 0.05) is 28.7 Å². The summed E-state index contributed by atoms with van der Waals surface area (Å²) in [6.45, 7) is 2.85. The number of hydrogen-bond acceptors (Lipinski definition) is 1. The van der Waals surface area contributed by atoms with Crippen molar-refractivity contribution in [1.82, 2.24) is 4.57 Å². The number of nitrogens with zero attached hydrogens (tertiary/aromatic N) is 2.